The Morgan fingerprint density at radius 3 is 0.569 bits per heavy atom. The van der Waals surface area contributed by atoms with Gasteiger partial charge in [0.25, 0.3) is 0 Å². The van der Waals surface area contributed by atoms with Crippen LogP contribution in [0, 0.1) is 55.4 Å². The van der Waals surface area contributed by atoms with Gasteiger partial charge in [-0.1, -0.05) is 154 Å². The summed E-state index contributed by atoms with van der Waals surface area (Å²) in [4.78, 5) is 0. The lowest BCUT2D eigenvalue weighted by Gasteiger charge is -2.33. The Morgan fingerprint density at radius 2 is 0.389 bits per heavy atom. The molecule has 0 aliphatic carbocycles. The number of nitrogens with zero attached hydrogens (tertiary/aromatic N) is 4. The first kappa shape index (κ1) is 50.0. The van der Waals surface area contributed by atoms with Crippen molar-refractivity contribution < 1.29 is 36.2 Å². The summed E-state index contributed by atoms with van der Waals surface area (Å²) in [6.45, 7) is 15.9. The van der Waals surface area contributed by atoms with Crippen LogP contribution < -0.4 is 36.2 Å². The number of benzene rings is 8. The SMILES string of the molecule is Cc1ccc(OP2(Oc3ccc(C)cc3)=NP(Oc3ccc(C)cc3)(Oc3ccc(C)cc3)=NP(Oc3ccc(C)cc3)(Oc3cccc(C)c3)=NP(Oc3ccc(C)cc3)(Oc3ccc(C)cc3)=N2)cc1. The highest BCUT2D eigenvalue weighted by atomic mass is 31.3. The highest BCUT2D eigenvalue weighted by molar-refractivity contribution is 7.79. The molecule has 0 aromatic heterocycles. The molecule has 0 fully saturated rings. The van der Waals surface area contributed by atoms with E-state index in [1.54, 1.807) is 0 Å². The third-order valence-electron chi connectivity index (χ3n) is 10.8. The van der Waals surface area contributed by atoms with E-state index in [1.165, 1.54) is 0 Å². The fourth-order valence-corrected chi connectivity index (χ4v) is 19.1. The van der Waals surface area contributed by atoms with E-state index in [1.807, 2.05) is 250 Å². The molecule has 368 valence electrons. The minimum absolute atomic E-state index is 0.370. The molecule has 1 aliphatic heterocycles. The molecule has 0 radical (unpaired) electrons. The van der Waals surface area contributed by atoms with E-state index in [-0.39, 0.29) is 0 Å². The van der Waals surface area contributed by atoms with Crippen molar-refractivity contribution in [1.29, 1.82) is 0 Å². The molecule has 0 amide bonds. The average Bonchev–Trinajstić information content (AvgIpc) is 3.34. The van der Waals surface area contributed by atoms with Gasteiger partial charge in [-0.2, -0.15) is 0 Å². The summed E-state index contributed by atoms with van der Waals surface area (Å²) in [6.07, 6.45) is 0. The van der Waals surface area contributed by atoms with Crippen molar-refractivity contribution in [3.8, 4) is 46.0 Å². The topological polar surface area (TPSA) is 123 Å². The fraction of sp³-hybridized carbons (Fsp3) is 0.143. The Balaban J connectivity index is 1.50. The summed E-state index contributed by atoms with van der Waals surface area (Å²) < 4.78 is 80.6. The van der Waals surface area contributed by atoms with E-state index in [0.717, 1.165) is 44.5 Å². The zero-order chi connectivity index (χ0) is 50.4. The normalized spacial score (nSPS) is 16.3. The molecular weight excluding hydrogens is 981 g/mol. The van der Waals surface area contributed by atoms with Crippen molar-refractivity contribution in [2.24, 2.45) is 18.1 Å². The lowest BCUT2D eigenvalue weighted by Crippen LogP contribution is -2.11. The molecular formula is C56H56N4O8P4. The van der Waals surface area contributed by atoms with E-state index >= 15 is 0 Å². The second-order valence-corrected chi connectivity index (χ2v) is 25.8. The molecule has 1 heterocycles. The van der Waals surface area contributed by atoms with Crippen molar-refractivity contribution in [2.45, 2.75) is 55.4 Å². The lowest BCUT2D eigenvalue weighted by molar-refractivity contribution is 0.443. The summed E-state index contributed by atoms with van der Waals surface area (Å²) in [5.41, 5.74) is 7.92. The molecule has 12 nitrogen and oxygen atoms in total. The van der Waals surface area contributed by atoms with Gasteiger partial charge in [-0.25, -0.2) is 0 Å². The zero-order valence-corrected chi connectivity index (χ0v) is 44.9. The highest BCUT2D eigenvalue weighted by Crippen LogP contribution is 2.79. The summed E-state index contributed by atoms with van der Waals surface area (Å²) in [6, 6.07) is 60.2. The number of rotatable bonds is 16. The van der Waals surface area contributed by atoms with Gasteiger partial charge in [0.2, 0.25) is 0 Å². The van der Waals surface area contributed by atoms with Crippen LogP contribution in [0.2, 0.25) is 0 Å². The van der Waals surface area contributed by atoms with Crippen LogP contribution in [0.15, 0.2) is 212 Å². The van der Waals surface area contributed by atoms with Gasteiger partial charge in [-0.15, -0.1) is 0 Å². The smallest absolute Gasteiger partial charge is 0.413 e. The Hall–Kier alpha value is -6.92. The van der Waals surface area contributed by atoms with Crippen molar-refractivity contribution in [3.63, 3.8) is 0 Å². The minimum atomic E-state index is -4.44. The summed E-state index contributed by atoms with van der Waals surface area (Å²) in [7, 11) is -17.7. The van der Waals surface area contributed by atoms with E-state index in [4.69, 9.17) is 54.3 Å². The quantitative estimate of drug-likeness (QED) is 0.0877. The molecule has 1 atom stereocenters. The van der Waals surface area contributed by atoms with Gasteiger partial charge in [0.15, 0.2) is 0 Å². The van der Waals surface area contributed by atoms with E-state index in [0.29, 0.717) is 46.0 Å². The second kappa shape index (κ2) is 21.4. The highest BCUT2D eigenvalue weighted by Gasteiger charge is 2.49. The van der Waals surface area contributed by atoms with E-state index < -0.39 is 30.6 Å². The summed E-state index contributed by atoms with van der Waals surface area (Å²) in [5.74, 6) is 2.97. The van der Waals surface area contributed by atoms with Crippen molar-refractivity contribution in [3.05, 3.63) is 239 Å². The Morgan fingerprint density at radius 1 is 0.208 bits per heavy atom. The van der Waals surface area contributed by atoms with E-state index in [2.05, 4.69) is 0 Å². The number of hydrogen-bond acceptors (Lipinski definition) is 12. The van der Waals surface area contributed by atoms with Crippen LogP contribution in [0.1, 0.15) is 44.5 Å². The Kier molecular flexibility index (Phi) is 14.9. The molecule has 72 heavy (non-hydrogen) atoms. The molecule has 1 unspecified atom stereocenters. The van der Waals surface area contributed by atoms with Gasteiger partial charge < -0.3 is 36.2 Å². The lowest BCUT2D eigenvalue weighted by atomic mass is 10.2. The van der Waals surface area contributed by atoms with Crippen LogP contribution in [-0.4, -0.2) is 0 Å². The van der Waals surface area contributed by atoms with Crippen molar-refractivity contribution in [2.75, 3.05) is 0 Å². The van der Waals surface area contributed by atoms with Gasteiger partial charge in [-0.05, 0) is 158 Å². The Bertz CT molecular complexity index is 3160. The Labute approximate surface area is 423 Å². The third kappa shape index (κ3) is 12.9. The average molecular weight is 1040 g/mol. The molecule has 16 heteroatoms. The maximum absolute atomic E-state index is 7.26. The number of aryl methyl sites for hydroxylation is 8. The maximum atomic E-state index is 7.26. The van der Waals surface area contributed by atoms with Crippen LogP contribution in [-0.2, 0) is 0 Å². The molecule has 0 saturated carbocycles. The van der Waals surface area contributed by atoms with Crippen LogP contribution in [0.25, 0.3) is 0 Å². The predicted octanol–water partition coefficient (Wildman–Crippen LogP) is 18.9. The van der Waals surface area contributed by atoms with Crippen molar-refractivity contribution in [1.82, 2.24) is 0 Å². The van der Waals surface area contributed by atoms with Gasteiger partial charge in [0, 0.05) is 0 Å². The van der Waals surface area contributed by atoms with Gasteiger partial charge in [-0.3, -0.25) is 0 Å². The largest absolute Gasteiger partial charge is 0.460 e. The standard InChI is InChI=1S/C56H56N4O8P4/c1-41-12-26-49(27-13-41)61-69(62-50-28-14-42(2)15-29-50)57-70(63-51-30-16-43(3)17-31-51,64-52-32-18-44(4)19-33-52)59-72(67-55-38-24-47(7)25-39-55,68-56-11-9-10-48(8)40-56)60-71(58-69,65-53-34-20-45(5)21-35-53)66-54-36-22-46(6)23-37-54/h9-40H,1-8H3. The first-order valence-corrected chi connectivity index (χ1v) is 29.4. The molecule has 0 N–H and O–H groups in total. The molecule has 0 bridgehead atoms. The molecule has 0 spiro atoms. The monoisotopic (exact) mass is 1040 g/mol. The predicted molar refractivity (Wildman–Crippen MR) is 292 cm³/mol. The van der Waals surface area contributed by atoms with Gasteiger partial charge in [0.05, 0.1) is 0 Å². The van der Waals surface area contributed by atoms with Gasteiger partial charge in [0.1, 0.15) is 46.0 Å². The molecule has 9 rings (SSSR count). The fourth-order valence-electron chi connectivity index (χ4n) is 6.97. The minimum Gasteiger partial charge on any atom is -0.413 e. The zero-order valence-electron chi connectivity index (χ0n) is 41.3. The first-order chi connectivity index (χ1) is 34.6. The summed E-state index contributed by atoms with van der Waals surface area (Å²) in [5, 5.41) is 0. The second-order valence-electron chi connectivity index (χ2n) is 17.6. The molecule has 8 aromatic rings. The molecule has 1 aliphatic rings. The molecule has 0 saturated heterocycles. The van der Waals surface area contributed by atoms with Crippen LogP contribution in [0.5, 0.6) is 46.0 Å². The van der Waals surface area contributed by atoms with E-state index in [9.17, 15) is 0 Å². The van der Waals surface area contributed by atoms with Gasteiger partial charge >= 0.3 is 30.6 Å². The molecule has 8 aromatic carbocycles. The first-order valence-electron chi connectivity index (χ1n) is 23.3. The third-order valence-corrected chi connectivity index (χ3v) is 21.7. The maximum Gasteiger partial charge on any atom is 0.460 e. The van der Waals surface area contributed by atoms with Crippen LogP contribution in [0.3, 0.4) is 0 Å². The van der Waals surface area contributed by atoms with Crippen LogP contribution in [0.4, 0.5) is 0 Å². The summed E-state index contributed by atoms with van der Waals surface area (Å²) >= 11 is 0. The van der Waals surface area contributed by atoms with Crippen molar-refractivity contribution >= 4 is 30.6 Å². The number of hydrogen-bond donors (Lipinski definition) is 0. The van der Waals surface area contributed by atoms with Crippen LogP contribution >= 0.6 is 30.6 Å².